The van der Waals surface area contributed by atoms with E-state index in [9.17, 15) is 4.79 Å². The second-order valence-electron chi connectivity index (χ2n) is 6.74. The quantitative estimate of drug-likeness (QED) is 0.852. The summed E-state index contributed by atoms with van der Waals surface area (Å²) < 4.78 is 5.32. The fourth-order valence-corrected chi connectivity index (χ4v) is 3.62. The van der Waals surface area contributed by atoms with Crippen LogP contribution < -0.4 is 4.74 Å². The minimum atomic E-state index is 0.219. The number of H-pyrrole nitrogens is 1. The molecule has 0 amide bonds. The molecule has 4 nitrogen and oxygen atoms in total. The molecular weight excluding hydrogens is 300 g/mol. The average Bonchev–Trinajstić information content (AvgIpc) is 2.94. The zero-order valence-electron chi connectivity index (χ0n) is 14.8. The molecule has 0 aliphatic carbocycles. The molecule has 0 saturated carbocycles. The predicted molar refractivity (Wildman–Crippen MR) is 96.0 cm³/mol. The van der Waals surface area contributed by atoms with Crippen LogP contribution in [0.2, 0.25) is 0 Å². The van der Waals surface area contributed by atoms with Gasteiger partial charge >= 0.3 is 0 Å². The van der Waals surface area contributed by atoms with Gasteiger partial charge in [-0.1, -0.05) is 12.1 Å². The molecule has 2 aromatic rings. The summed E-state index contributed by atoms with van der Waals surface area (Å²) in [5.41, 5.74) is 4.20. The second-order valence-corrected chi connectivity index (χ2v) is 6.74. The third kappa shape index (κ3) is 3.70. The molecule has 0 unspecified atom stereocenters. The van der Waals surface area contributed by atoms with Crippen molar-refractivity contribution in [2.24, 2.45) is 0 Å². The second kappa shape index (κ2) is 7.22. The van der Waals surface area contributed by atoms with Gasteiger partial charge in [-0.25, -0.2) is 0 Å². The maximum absolute atomic E-state index is 12.5. The van der Waals surface area contributed by atoms with Gasteiger partial charge in [0.05, 0.1) is 13.7 Å². The van der Waals surface area contributed by atoms with E-state index in [0.29, 0.717) is 12.5 Å². The Morgan fingerprint density at radius 1 is 1.25 bits per heavy atom. The average molecular weight is 326 g/mol. The number of carbonyl (C=O) groups is 1. The largest absolute Gasteiger partial charge is 0.497 e. The number of nitrogens with zero attached hydrogens (tertiary/aromatic N) is 1. The van der Waals surface area contributed by atoms with E-state index >= 15 is 0 Å². The van der Waals surface area contributed by atoms with E-state index in [1.165, 1.54) is 5.56 Å². The van der Waals surface area contributed by atoms with Gasteiger partial charge in [-0.15, -0.1) is 0 Å². The summed E-state index contributed by atoms with van der Waals surface area (Å²) in [4.78, 5) is 18.0. The number of Topliss-reactive ketones (excluding diaryl/α,β-unsaturated/α-hetero) is 1. The zero-order valence-corrected chi connectivity index (χ0v) is 14.8. The third-order valence-electron chi connectivity index (χ3n) is 4.97. The van der Waals surface area contributed by atoms with E-state index in [2.05, 4.69) is 28.1 Å². The van der Waals surface area contributed by atoms with Crippen LogP contribution in [0.5, 0.6) is 5.75 Å². The third-order valence-corrected chi connectivity index (χ3v) is 4.97. The number of carbonyl (C=O) groups excluding carboxylic acids is 1. The highest BCUT2D eigenvalue weighted by atomic mass is 16.5. The molecule has 1 saturated heterocycles. The summed E-state index contributed by atoms with van der Waals surface area (Å²) >= 11 is 0. The van der Waals surface area contributed by atoms with Crippen LogP contribution in [0.1, 0.15) is 46.1 Å². The van der Waals surface area contributed by atoms with Gasteiger partial charge in [0.1, 0.15) is 5.75 Å². The van der Waals surface area contributed by atoms with Crippen molar-refractivity contribution in [2.45, 2.75) is 32.6 Å². The lowest BCUT2D eigenvalue weighted by Crippen LogP contribution is -2.36. The molecule has 3 rings (SSSR count). The van der Waals surface area contributed by atoms with Gasteiger partial charge in [-0.3, -0.25) is 9.69 Å². The number of benzene rings is 1. The Morgan fingerprint density at radius 2 is 2.00 bits per heavy atom. The van der Waals surface area contributed by atoms with E-state index in [1.807, 2.05) is 26.0 Å². The highest BCUT2D eigenvalue weighted by Crippen LogP contribution is 2.30. The summed E-state index contributed by atoms with van der Waals surface area (Å²) in [6.07, 6.45) is 2.18. The number of hydrogen-bond donors (Lipinski definition) is 1. The number of nitrogens with one attached hydrogen (secondary N) is 1. The van der Waals surface area contributed by atoms with Crippen LogP contribution in [-0.4, -0.2) is 42.4 Å². The predicted octanol–water partition coefficient (Wildman–Crippen LogP) is 3.70. The molecule has 0 radical (unpaired) electrons. The molecule has 2 heterocycles. The van der Waals surface area contributed by atoms with Gasteiger partial charge in [-0.05, 0) is 69.5 Å². The van der Waals surface area contributed by atoms with Crippen LogP contribution in [-0.2, 0) is 0 Å². The Kier molecular flexibility index (Phi) is 5.05. The number of methoxy groups -OCH3 is 1. The molecule has 0 spiro atoms. The SMILES string of the molecule is COc1cccc(C2CCN(CC(=O)c3cc(C)[nH]c3C)CC2)c1. The summed E-state index contributed by atoms with van der Waals surface area (Å²) in [7, 11) is 1.71. The number of aryl methyl sites for hydroxylation is 2. The first-order valence-corrected chi connectivity index (χ1v) is 8.62. The Morgan fingerprint density at radius 3 is 2.62 bits per heavy atom. The molecule has 128 valence electrons. The number of aromatic nitrogens is 1. The van der Waals surface area contributed by atoms with Crippen LogP contribution in [0.25, 0.3) is 0 Å². The number of ketones is 1. The van der Waals surface area contributed by atoms with Crippen molar-refractivity contribution in [1.82, 2.24) is 9.88 Å². The monoisotopic (exact) mass is 326 g/mol. The highest BCUT2D eigenvalue weighted by Gasteiger charge is 2.23. The van der Waals surface area contributed by atoms with Gasteiger partial charge in [0.2, 0.25) is 0 Å². The van der Waals surface area contributed by atoms with Crippen LogP contribution in [0.3, 0.4) is 0 Å². The minimum absolute atomic E-state index is 0.219. The van der Waals surface area contributed by atoms with Crippen molar-refractivity contribution >= 4 is 5.78 Å². The molecule has 1 aromatic heterocycles. The number of piperidine rings is 1. The molecule has 1 fully saturated rings. The molecule has 0 bridgehead atoms. The topological polar surface area (TPSA) is 45.3 Å². The van der Waals surface area contributed by atoms with Crippen molar-refractivity contribution < 1.29 is 9.53 Å². The normalized spacial score (nSPS) is 16.3. The van der Waals surface area contributed by atoms with Gasteiger partial charge in [0.25, 0.3) is 0 Å². The Hall–Kier alpha value is -2.07. The summed E-state index contributed by atoms with van der Waals surface area (Å²) in [5.74, 6) is 1.70. The smallest absolute Gasteiger partial charge is 0.178 e. The molecule has 0 atom stereocenters. The van der Waals surface area contributed by atoms with E-state index in [-0.39, 0.29) is 5.78 Å². The number of rotatable bonds is 5. The summed E-state index contributed by atoms with van der Waals surface area (Å²) in [5, 5.41) is 0. The summed E-state index contributed by atoms with van der Waals surface area (Å²) in [6, 6.07) is 10.3. The lowest BCUT2D eigenvalue weighted by Gasteiger charge is -2.31. The molecule has 1 aliphatic heterocycles. The number of aromatic amines is 1. The van der Waals surface area contributed by atoms with E-state index in [4.69, 9.17) is 4.74 Å². The van der Waals surface area contributed by atoms with Crippen molar-refractivity contribution in [3.63, 3.8) is 0 Å². The Labute approximate surface area is 143 Å². The number of likely N-dealkylation sites (tertiary alicyclic amines) is 1. The number of ether oxygens (including phenoxy) is 1. The molecule has 1 N–H and O–H groups in total. The lowest BCUT2D eigenvalue weighted by molar-refractivity contribution is 0.0909. The van der Waals surface area contributed by atoms with Gasteiger partial charge in [0, 0.05) is 17.0 Å². The lowest BCUT2D eigenvalue weighted by atomic mass is 9.89. The maximum atomic E-state index is 12.5. The summed E-state index contributed by atoms with van der Waals surface area (Å²) in [6.45, 7) is 6.41. The van der Waals surface area contributed by atoms with E-state index in [1.54, 1.807) is 7.11 Å². The molecule has 24 heavy (non-hydrogen) atoms. The van der Waals surface area contributed by atoms with Gasteiger partial charge < -0.3 is 9.72 Å². The van der Waals surface area contributed by atoms with Crippen LogP contribution in [0, 0.1) is 13.8 Å². The van der Waals surface area contributed by atoms with Crippen LogP contribution in [0.15, 0.2) is 30.3 Å². The fraction of sp³-hybridized carbons (Fsp3) is 0.450. The minimum Gasteiger partial charge on any atom is -0.497 e. The molecule has 4 heteroatoms. The van der Waals surface area contributed by atoms with Crippen molar-refractivity contribution in [2.75, 3.05) is 26.7 Å². The van der Waals surface area contributed by atoms with E-state index in [0.717, 1.165) is 48.6 Å². The first-order chi connectivity index (χ1) is 11.6. The van der Waals surface area contributed by atoms with Gasteiger partial charge in [0.15, 0.2) is 5.78 Å². The van der Waals surface area contributed by atoms with Crippen molar-refractivity contribution in [3.8, 4) is 5.75 Å². The van der Waals surface area contributed by atoms with Crippen LogP contribution >= 0.6 is 0 Å². The number of hydrogen-bond acceptors (Lipinski definition) is 3. The first-order valence-electron chi connectivity index (χ1n) is 8.62. The first kappa shape index (κ1) is 16.8. The highest BCUT2D eigenvalue weighted by molar-refractivity contribution is 5.98. The maximum Gasteiger partial charge on any atom is 0.178 e. The van der Waals surface area contributed by atoms with Crippen molar-refractivity contribution in [1.29, 1.82) is 0 Å². The standard InChI is InChI=1S/C20H26N2O2/c1-14-11-19(15(2)21-14)20(23)13-22-9-7-16(8-10-22)17-5-4-6-18(12-17)24-3/h4-6,11-12,16,21H,7-10,13H2,1-3H3. The van der Waals surface area contributed by atoms with Crippen molar-refractivity contribution in [3.05, 3.63) is 52.8 Å². The zero-order chi connectivity index (χ0) is 17.1. The molecule has 1 aliphatic rings. The Bertz CT molecular complexity index is 712. The fourth-order valence-electron chi connectivity index (χ4n) is 3.62. The van der Waals surface area contributed by atoms with Gasteiger partial charge in [-0.2, -0.15) is 0 Å². The molecule has 1 aromatic carbocycles. The van der Waals surface area contributed by atoms with Crippen LogP contribution in [0.4, 0.5) is 0 Å². The molecular formula is C20H26N2O2. The van der Waals surface area contributed by atoms with E-state index < -0.39 is 0 Å². The Balaban J connectivity index is 1.57.